The molecule has 0 amide bonds. The van der Waals surface area contributed by atoms with Crippen LogP contribution in [0.1, 0.15) is 32.1 Å². The molecule has 1 aromatic rings. The van der Waals surface area contributed by atoms with Crippen molar-refractivity contribution < 1.29 is 23.0 Å². The lowest BCUT2D eigenvalue weighted by Gasteiger charge is -2.47. The van der Waals surface area contributed by atoms with Gasteiger partial charge in [0.2, 0.25) is 0 Å². The SMILES string of the molecule is O=C1CC2CCCC(C1)N2c1ccc2c(c1)OC(F)(F)O2. The van der Waals surface area contributed by atoms with Crippen molar-refractivity contribution in [2.75, 3.05) is 4.90 Å². The van der Waals surface area contributed by atoms with E-state index < -0.39 is 6.29 Å². The van der Waals surface area contributed by atoms with E-state index in [-0.39, 0.29) is 23.6 Å². The fourth-order valence-electron chi connectivity index (χ4n) is 3.70. The predicted octanol–water partition coefficient (Wildman–Crippen LogP) is 3.10. The second-order valence-corrected chi connectivity index (χ2v) is 5.89. The van der Waals surface area contributed by atoms with Crippen LogP contribution in [0.15, 0.2) is 18.2 Å². The zero-order chi connectivity index (χ0) is 14.6. The Bertz CT molecular complexity index is 589. The van der Waals surface area contributed by atoms with E-state index in [0.717, 1.165) is 24.9 Å². The maximum Gasteiger partial charge on any atom is 0.586 e. The minimum Gasteiger partial charge on any atom is -0.395 e. The number of ketones is 1. The van der Waals surface area contributed by atoms with Gasteiger partial charge in [0.1, 0.15) is 5.78 Å². The first kappa shape index (κ1) is 12.9. The molecule has 0 N–H and O–H groups in total. The Labute approximate surface area is 120 Å². The van der Waals surface area contributed by atoms with Gasteiger partial charge in [0.15, 0.2) is 11.5 Å². The summed E-state index contributed by atoms with van der Waals surface area (Å²) in [6.45, 7) is 0. The molecule has 0 aliphatic carbocycles. The average molecular weight is 295 g/mol. The Balaban J connectivity index is 1.67. The van der Waals surface area contributed by atoms with Gasteiger partial charge in [-0.2, -0.15) is 0 Å². The Morgan fingerprint density at radius 3 is 2.48 bits per heavy atom. The molecule has 3 aliphatic rings. The molecule has 21 heavy (non-hydrogen) atoms. The number of Topliss-reactive ketones (excluding diaryl/α,β-unsaturated/α-hetero) is 1. The number of anilines is 1. The number of nitrogens with zero attached hydrogens (tertiary/aromatic N) is 1. The van der Waals surface area contributed by atoms with Crippen molar-refractivity contribution in [3.8, 4) is 11.5 Å². The van der Waals surface area contributed by atoms with Crippen LogP contribution in [0.2, 0.25) is 0 Å². The number of carbonyl (C=O) groups is 1. The molecule has 0 spiro atoms. The molecule has 1 aromatic carbocycles. The molecule has 0 radical (unpaired) electrons. The van der Waals surface area contributed by atoms with Crippen molar-refractivity contribution in [2.45, 2.75) is 50.5 Å². The molecule has 112 valence electrons. The number of halogens is 2. The van der Waals surface area contributed by atoms with Crippen LogP contribution >= 0.6 is 0 Å². The van der Waals surface area contributed by atoms with E-state index in [2.05, 4.69) is 14.4 Å². The summed E-state index contributed by atoms with van der Waals surface area (Å²) in [4.78, 5) is 14.0. The van der Waals surface area contributed by atoms with Crippen LogP contribution in [0, 0.1) is 0 Å². The zero-order valence-electron chi connectivity index (χ0n) is 11.4. The molecule has 0 saturated carbocycles. The maximum atomic E-state index is 13.1. The Morgan fingerprint density at radius 2 is 1.76 bits per heavy atom. The van der Waals surface area contributed by atoms with Crippen molar-refractivity contribution >= 4 is 11.5 Å². The van der Waals surface area contributed by atoms with Crippen molar-refractivity contribution in [2.24, 2.45) is 0 Å². The third kappa shape index (κ3) is 2.13. The molecule has 2 unspecified atom stereocenters. The van der Waals surface area contributed by atoms with Crippen LogP contribution in [0.4, 0.5) is 14.5 Å². The van der Waals surface area contributed by atoms with Gasteiger partial charge in [-0.25, -0.2) is 0 Å². The van der Waals surface area contributed by atoms with Crippen LogP contribution in [0.5, 0.6) is 11.5 Å². The van der Waals surface area contributed by atoms with Gasteiger partial charge in [-0.1, -0.05) is 0 Å². The van der Waals surface area contributed by atoms with E-state index in [4.69, 9.17) is 0 Å². The van der Waals surface area contributed by atoms with Gasteiger partial charge in [0.25, 0.3) is 0 Å². The Kier molecular flexibility index (Phi) is 2.65. The number of ether oxygens (including phenoxy) is 2. The molecule has 3 aliphatic heterocycles. The van der Waals surface area contributed by atoms with Gasteiger partial charge in [0, 0.05) is 36.7 Å². The molecule has 0 aromatic heterocycles. The molecule has 3 heterocycles. The normalized spacial score (nSPS) is 29.6. The van der Waals surface area contributed by atoms with Gasteiger partial charge in [0.05, 0.1) is 0 Å². The molecule has 4 nitrogen and oxygen atoms in total. The van der Waals surface area contributed by atoms with Crippen molar-refractivity contribution in [1.82, 2.24) is 0 Å². The van der Waals surface area contributed by atoms with Gasteiger partial charge in [-0.3, -0.25) is 4.79 Å². The van der Waals surface area contributed by atoms with Crippen LogP contribution in [-0.4, -0.2) is 24.2 Å². The highest BCUT2D eigenvalue weighted by Crippen LogP contribution is 2.45. The molecular formula is C15H15F2NO3. The number of carbonyl (C=O) groups excluding carboxylic acids is 1. The highest BCUT2D eigenvalue weighted by molar-refractivity contribution is 5.83. The largest absolute Gasteiger partial charge is 0.586 e. The number of rotatable bonds is 1. The first-order chi connectivity index (χ1) is 10.0. The lowest BCUT2D eigenvalue weighted by molar-refractivity contribution is -0.286. The summed E-state index contributed by atoms with van der Waals surface area (Å²) in [6.07, 6.45) is 0.540. The molecule has 4 rings (SSSR count). The molecule has 6 heteroatoms. The number of hydrogen-bond acceptors (Lipinski definition) is 4. The summed E-state index contributed by atoms with van der Waals surface area (Å²) in [7, 11) is 0. The van der Waals surface area contributed by atoms with Gasteiger partial charge < -0.3 is 14.4 Å². The van der Waals surface area contributed by atoms with Gasteiger partial charge >= 0.3 is 6.29 Å². The van der Waals surface area contributed by atoms with Gasteiger partial charge in [-0.15, -0.1) is 8.78 Å². The second kappa shape index (κ2) is 4.32. The summed E-state index contributed by atoms with van der Waals surface area (Å²) in [5.74, 6) is 0.419. The summed E-state index contributed by atoms with van der Waals surface area (Å²) in [5.41, 5.74) is 0.831. The number of fused-ring (bicyclic) bond motifs is 3. The second-order valence-electron chi connectivity index (χ2n) is 5.89. The number of hydrogen-bond donors (Lipinski definition) is 0. The Hall–Kier alpha value is -1.85. The van der Waals surface area contributed by atoms with Crippen LogP contribution in [0.25, 0.3) is 0 Å². The van der Waals surface area contributed by atoms with E-state index in [0.29, 0.717) is 18.6 Å². The van der Waals surface area contributed by atoms with E-state index in [1.807, 2.05) is 0 Å². The molecule has 2 atom stereocenters. The lowest BCUT2D eigenvalue weighted by atomic mass is 9.83. The fraction of sp³-hybridized carbons (Fsp3) is 0.533. The average Bonchev–Trinajstić information content (AvgIpc) is 2.70. The highest BCUT2D eigenvalue weighted by Gasteiger charge is 2.44. The first-order valence-electron chi connectivity index (χ1n) is 7.22. The minimum absolute atomic E-state index is 0.0574. The standard InChI is InChI=1S/C15H15F2NO3/c16-15(17)20-13-5-4-11(8-14(13)21-15)18-9-2-1-3-10(18)7-12(19)6-9/h4-5,8-10H,1-3,6-7H2. The van der Waals surface area contributed by atoms with Gasteiger partial charge in [-0.05, 0) is 31.4 Å². The number of benzene rings is 1. The molecule has 2 fully saturated rings. The van der Waals surface area contributed by atoms with Crippen LogP contribution in [0.3, 0.4) is 0 Å². The zero-order valence-corrected chi connectivity index (χ0v) is 11.4. The van der Waals surface area contributed by atoms with Crippen molar-refractivity contribution in [3.63, 3.8) is 0 Å². The molecule has 2 bridgehead atoms. The summed E-state index contributed by atoms with van der Waals surface area (Å²) in [5, 5.41) is 0. The topological polar surface area (TPSA) is 38.8 Å². The summed E-state index contributed by atoms with van der Waals surface area (Å²) in [6, 6.07) is 5.22. The number of alkyl halides is 2. The van der Waals surface area contributed by atoms with Crippen molar-refractivity contribution in [3.05, 3.63) is 18.2 Å². The minimum atomic E-state index is -3.59. The quantitative estimate of drug-likeness (QED) is 0.798. The lowest BCUT2D eigenvalue weighted by Crippen LogP contribution is -2.52. The first-order valence-corrected chi connectivity index (χ1v) is 7.22. The molecule has 2 saturated heterocycles. The number of piperidine rings is 2. The van der Waals surface area contributed by atoms with Crippen LogP contribution in [-0.2, 0) is 4.79 Å². The van der Waals surface area contributed by atoms with E-state index in [1.165, 1.54) is 6.07 Å². The summed E-state index contributed by atoms with van der Waals surface area (Å²) >= 11 is 0. The van der Waals surface area contributed by atoms with Crippen molar-refractivity contribution in [1.29, 1.82) is 0 Å². The predicted molar refractivity (Wildman–Crippen MR) is 70.8 cm³/mol. The van der Waals surface area contributed by atoms with Crippen LogP contribution < -0.4 is 14.4 Å². The third-order valence-corrected chi connectivity index (χ3v) is 4.47. The van der Waals surface area contributed by atoms with E-state index in [1.54, 1.807) is 12.1 Å². The Morgan fingerprint density at radius 1 is 1.10 bits per heavy atom. The monoisotopic (exact) mass is 295 g/mol. The third-order valence-electron chi connectivity index (χ3n) is 4.47. The smallest absolute Gasteiger partial charge is 0.395 e. The van der Waals surface area contributed by atoms with E-state index >= 15 is 0 Å². The summed E-state index contributed by atoms with van der Waals surface area (Å²) < 4.78 is 35.1. The maximum absolute atomic E-state index is 13.1. The molecular weight excluding hydrogens is 280 g/mol. The van der Waals surface area contributed by atoms with E-state index in [9.17, 15) is 13.6 Å². The highest BCUT2D eigenvalue weighted by atomic mass is 19.3. The fourth-order valence-corrected chi connectivity index (χ4v) is 3.70.